The zero-order valence-corrected chi connectivity index (χ0v) is 10.9. The number of ether oxygens (including phenoxy) is 1. The molecule has 3 rings (SSSR count). The number of halogens is 1. The van der Waals surface area contributed by atoms with E-state index in [2.05, 4.69) is 4.98 Å². The van der Waals surface area contributed by atoms with E-state index >= 15 is 0 Å². The van der Waals surface area contributed by atoms with Gasteiger partial charge in [0, 0.05) is 5.56 Å². The number of imidazole rings is 1. The van der Waals surface area contributed by atoms with Crippen LogP contribution in [0.5, 0.6) is 5.75 Å². The molecule has 0 saturated carbocycles. The number of aromatic amines is 1. The highest BCUT2D eigenvalue weighted by atomic mass is 19.1. The van der Waals surface area contributed by atoms with Crippen molar-refractivity contribution in [2.75, 3.05) is 7.11 Å². The molecule has 0 fully saturated rings. The Hall–Kier alpha value is -2.56. The molecule has 0 amide bonds. The lowest BCUT2D eigenvalue weighted by molar-refractivity contribution is 0.408. The Morgan fingerprint density at radius 1 is 1.20 bits per heavy atom. The number of benzene rings is 2. The topological polar surface area (TPSA) is 47.0 Å². The molecule has 0 radical (unpaired) electrons. The first kappa shape index (κ1) is 12.5. The lowest BCUT2D eigenvalue weighted by Gasteiger charge is -2.08. The summed E-state index contributed by atoms with van der Waals surface area (Å²) in [6, 6.07) is 12.1. The molecule has 1 heterocycles. The van der Waals surface area contributed by atoms with Crippen LogP contribution in [0, 0.1) is 5.82 Å². The molecular formula is C15H13FN2O2. The molecule has 0 aliphatic rings. The molecule has 0 saturated heterocycles. The quantitative estimate of drug-likeness (QED) is 0.796. The third-order valence-corrected chi connectivity index (χ3v) is 3.28. The molecule has 102 valence electrons. The van der Waals surface area contributed by atoms with Crippen LogP contribution in [-0.4, -0.2) is 16.7 Å². The normalized spacial score (nSPS) is 10.9. The van der Waals surface area contributed by atoms with Crippen molar-refractivity contribution in [3.05, 3.63) is 64.3 Å². The Kier molecular flexibility index (Phi) is 3.02. The van der Waals surface area contributed by atoms with Gasteiger partial charge in [0.25, 0.3) is 0 Å². The number of aromatic nitrogens is 2. The second kappa shape index (κ2) is 4.85. The van der Waals surface area contributed by atoms with Gasteiger partial charge in [-0.2, -0.15) is 0 Å². The highest BCUT2D eigenvalue weighted by molar-refractivity contribution is 5.75. The molecule has 2 aromatic carbocycles. The van der Waals surface area contributed by atoms with Gasteiger partial charge >= 0.3 is 5.69 Å². The second-order valence-corrected chi connectivity index (χ2v) is 4.46. The number of nitrogens with zero attached hydrogens (tertiary/aromatic N) is 1. The van der Waals surface area contributed by atoms with Crippen LogP contribution in [0.4, 0.5) is 4.39 Å². The summed E-state index contributed by atoms with van der Waals surface area (Å²) in [6.45, 7) is 0.326. The van der Waals surface area contributed by atoms with E-state index < -0.39 is 5.82 Å². The second-order valence-electron chi connectivity index (χ2n) is 4.46. The SMILES string of the molecule is COc1ccccc1Cn1c(=O)[nH]c2c(F)cccc21. The van der Waals surface area contributed by atoms with Crippen molar-refractivity contribution in [1.29, 1.82) is 0 Å². The van der Waals surface area contributed by atoms with Crippen LogP contribution >= 0.6 is 0 Å². The van der Waals surface area contributed by atoms with Crippen molar-refractivity contribution in [3.63, 3.8) is 0 Å². The van der Waals surface area contributed by atoms with E-state index in [9.17, 15) is 9.18 Å². The lowest BCUT2D eigenvalue weighted by Crippen LogP contribution is -2.17. The largest absolute Gasteiger partial charge is 0.496 e. The third kappa shape index (κ3) is 1.97. The van der Waals surface area contributed by atoms with Crippen molar-refractivity contribution in [1.82, 2.24) is 9.55 Å². The zero-order chi connectivity index (χ0) is 14.1. The number of nitrogens with one attached hydrogen (secondary N) is 1. The zero-order valence-electron chi connectivity index (χ0n) is 10.9. The van der Waals surface area contributed by atoms with E-state index in [4.69, 9.17) is 4.74 Å². The predicted octanol–water partition coefficient (Wildman–Crippen LogP) is 2.53. The fraction of sp³-hybridized carbons (Fsp3) is 0.133. The maximum Gasteiger partial charge on any atom is 0.326 e. The van der Waals surface area contributed by atoms with Gasteiger partial charge < -0.3 is 9.72 Å². The number of rotatable bonds is 3. The minimum atomic E-state index is -0.432. The third-order valence-electron chi connectivity index (χ3n) is 3.28. The van der Waals surface area contributed by atoms with Gasteiger partial charge in [0.15, 0.2) is 0 Å². The molecule has 20 heavy (non-hydrogen) atoms. The molecule has 3 aromatic rings. The van der Waals surface area contributed by atoms with Gasteiger partial charge in [-0.25, -0.2) is 9.18 Å². The Morgan fingerprint density at radius 2 is 2.00 bits per heavy atom. The molecule has 5 heteroatoms. The maximum absolute atomic E-state index is 13.7. The predicted molar refractivity (Wildman–Crippen MR) is 74.6 cm³/mol. The van der Waals surface area contributed by atoms with Crippen LogP contribution in [0.25, 0.3) is 11.0 Å². The molecule has 1 N–H and O–H groups in total. The smallest absolute Gasteiger partial charge is 0.326 e. The van der Waals surface area contributed by atoms with Gasteiger partial charge in [-0.1, -0.05) is 24.3 Å². The Bertz CT molecular complexity index is 820. The van der Waals surface area contributed by atoms with Gasteiger partial charge in [0.2, 0.25) is 0 Å². The number of methoxy groups -OCH3 is 1. The van der Waals surface area contributed by atoms with Gasteiger partial charge in [0.05, 0.1) is 19.2 Å². The van der Waals surface area contributed by atoms with Crippen molar-refractivity contribution >= 4 is 11.0 Å². The summed E-state index contributed by atoms with van der Waals surface area (Å²) in [7, 11) is 1.58. The van der Waals surface area contributed by atoms with Crippen molar-refractivity contribution < 1.29 is 9.13 Å². The minimum Gasteiger partial charge on any atom is -0.496 e. The summed E-state index contributed by atoms with van der Waals surface area (Å²) in [6.07, 6.45) is 0. The monoisotopic (exact) mass is 272 g/mol. The average Bonchev–Trinajstić information content (AvgIpc) is 2.78. The molecule has 0 aliphatic carbocycles. The molecule has 0 spiro atoms. The van der Waals surface area contributed by atoms with Crippen LogP contribution < -0.4 is 10.4 Å². The van der Waals surface area contributed by atoms with Gasteiger partial charge in [0.1, 0.15) is 17.1 Å². The fourth-order valence-corrected chi connectivity index (χ4v) is 2.31. The summed E-state index contributed by atoms with van der Waals surface area (Å²) in [5.74, 6) is 0.267. The highest BCUT2D eigenvalue weighted by Gasteiger charge is 2.11. The minimum absolute atomic E-state index is 0.229. The molecule has 0 atom stereocenters. The number of fused-ring (bicyclic) bond motifs is 1. The number of hydrogen-bond donors (Lipinski definition) is 1. The number of H-pyrrole nitrogens is 1. The Balaban J connectivity index is 2.14. The summed E-state index contributed by atoms with van der Waals surface area (Å²) >= 11 is 0. The molecule has 1 aromatic heterocycles. The van der Waals surface area contributed by atoms with E-state index in [1.54, 1.807) is 19.2 Å². The number of hydrogen-bond acceptors (Lipinski definition) is 2. The number of para-hydroxylation sites is 2. The standard InChI is InChI=1S/C15H13FN2O2/c1-20-13-8-3-2-5-10(13)9-18-12-7-4-6-11(16)14(12)17-15(18)19/h2-8H,9H2,1H3,(H,17,19). The van der Waals surface area contributed by atoms with E-state index in [1.807, 2.05) is 24.3 Å². The Morgan fingerprint density at radius 3 is 2.80 bits per heavy atom. The van der Waals surface area contributed by atoms with E-state index in [-0.39, 0.29) is 11.2 Å². The fourth-order valence-electron chi connectivity index (χ4n) is 2.31. The van der Waals surface area contributed by atoms with Crippen LogP contribution in [0.1, 0.15) is 5.56 Å². The van der Waals surface area contributed by atoms with E-state index in [0.717, 1.165) is 5.56 Å². The summed E-state index contributed by atoms with van der Waals surface area (Å²) in [5.41, 5.74) is 1.30. The van der Waals surface area contributed by atoms with Crippen LogP contribution in [0.3, 0.4) is 0 Å². The summed E-state index contributed by atoms with van der Waals surface area (Å²) in [4.78, 5) is 14.5. The molecular weight excluding hydrogens is 259 g/mol. The van der Waals surface area contributed by atoms with Crippen LogP contribution in [0.15, 0.2) is 47.3 Å². The van der Waals surface area contributed by atoms with E-state index in [1.165, 1.54) is 10.6 Å². The maximum atomic E-state index is 13.7. The first-order valence-electron chi connectivity index (χ1n) is 6.19. The summed E-state index contributed by atoms with van der Waals surface area (Å²) < 4.78 is 20.4. The Labute approximate surface area is 114 Å². The molecule has 0 unspecified atom stereocenters. The summed E-state index contributed by atoms with van der Waals surface area (Å²) in [5, 5.41) is 0. The van der Waals surface area contributed by atoms with Gasteiger partial charge in [-0.15, -0.1) is 0 Å². The van der Waals surface area contributed by atoms with Crippen LogP contribution in [-0.2, 0) is 6.54 Å². The molecule has 0 bridgehead atoms. The lowest BCUT2D eigenvalue weighted by atomic mass is 10.2. The molecule has 0 aliphatic heterocycles. The van der Waals surface area contributed by atoms with Crippen molar-refractivity contribution in [2.24, 2.45) is 0 Å². The average molecular weight is 272 g/mol. The van der Waals surface area contributed by atoms with E-state index in [0.29, 0.717) is 17.8 Å². The first-order chi connectivity index (χ1) is 9.70. The molecule has 4 nitrogen and oxygen atoms in total. The van der Waals surface area contributed by atoms with Gasteiger partial charge in [-0.3, -0.25) is 4.57 Å². The highest BCUT2D eigenvalue weighted by Crippen LogP contribution is 2.20. The van der Waals surface area contributed by atoms with Crippen LogP contribution in [0.2, 0.25) is 0 Å². The van der Waals surface area contributed by atoms with Crippen molar-refractivity contribution in [2.45, 2.75) is 6.54 Å². The first-order valence-corrected chi connectivity index (χ1v) is 6.19. The van der Waals surface area contributed by atoms with Crippen molar-refractivity contribution in [3.8, 4) is 5.75 Å². The van der Waals surface area contributed by atoms with Gasteiger partial charge in [-0.05, 0) is 18.2 Å².